The molecule has 3 aromatic carbocycles. The summed E-state index contributed by atoms with van der Waals surface area (Å²) < 4.78 is 24.3. The minimum atomic E-state index is -0.550. The van der Waals surface area contributed by atoms with E-state index in [1.165, 1.54) is 12.4 Å². The molecule has 5 nitrogen and oxygen atoms in total. The summed E-state index contributed by atoms with van der Waals surface area (Å²) in [7, 11) is 0. The molecule has 32 heavy (non-hydrogen) atoms. The van der Waals surface area contributed by atoms with E-state index in [9.17, 15) is 0 Å². The fourth-order valence-electron chi connectivity index (χ4n) is 4.35. The number of hydrogen-bond donors (Lipinski definition) is 1. The maximum absolute atomic E-state index is 15.1. The maximum atomic E-state index is 15.1. The van der Waals surface area contributed by atoms with Crippen molar-refractivity contribution in [1.82, 2.24) is 14.8 Å². The lowest BCUT2D eigenvalue weighted by atomic mass is 9.84. The lowest BCUT2D eigenvalue weighted by Gasteiger charge is -2.39. The molecular formula is C24H15BrClFN4O. The number of nitrogens with one attached hydrogen (secondary N) is 1. The first-order valence-corrected chi connectivity index (χ1v) is 11.1. The van der Waals surface area contributed by atoms with Gasteiger partial charge in [0.05, 0.1) is 5.70 Å². The Labute approximate surface area is 196 Å². The Morgan fingerprint density at radius 1 is 1.06 bits per heavy atom. The minimum Gasteiger partial charge on any atom is -0.480 e. The molecule has 0 amide bonds. The van der Waals surface area contributed by atoms with Crippen LogP contribution in [0.3, 0.4) is 0 Å². The molecular weight excluding hydrogens is 495 g/mol. The maximum Gasteiger partial charge on any atom is 0.226 e. The van der Waals surface area contributed by atoms with Crippen molar-refractivity contribution in [2.75, 3.05) is 5.32 Å². The number of anilines is 1. The van der Waals surface area contributed by atoms with E-state index in [4.69, 9.17) is 16.3 Å². The highest BCUT2D eigenvalue weighted by Gasteiger charge is 2.41. The second-order valence-corrected chi connectivity index (χ2v) is 8.95. The van der Waals surface area contributed by atoms with Gasteiger partial charge < -0.3 is 10.1 Å². The fraction of sp³-hybridized carbons (Fsp3) is 0.0833. The standard InChI is InChI=1S/C24H15BrClFN4O/c25-14-7-5-13(6-8-14)23-20-21(17-11-15(26)9-10-19(17)32-23)30-24-28-12-29-31(24)22(20)16-3-1-2-4-18(16)27/h1-12,22-23H,(H,28,29,30)/t22-,23-/m0/s1. The lowest BCUT2D eigenvalue weighted by molar-refractivity contribution is 0.222. The van der Waals surface area contributed by atoms with Crippen LogP contribution >= 0.6 is 27.5 Å². The number of hydrogen-bond acceptors (Lipinski definition) is 4. The van der Waals surface area contributed by atoms with Crippen molar-refractivity contribution < 1.29 is 9.13 Å². The lowest BCUT2D eigenvalue weighted by Crippen LogP contribution is -2.32. The van der Waals surface area contributed by atoms with Gasteiger partial charge in [0.15, 0.2) is 0 Å². The summed E-state index contributed by atoms with van der Waals surface area (Å²) in [5, 5.41) is 8.39. The molecule has 8 heteroatoms. The first kappa shape index (κ1) is 19.5. The minimum absolute atomic E-state index is 0.320. The van der Waals surface area contributed by atoms with Crippen molar-refractivity contribution in [3.8, 4) is 5.75 Å². The molecule has 0 fully saturated rings. The van der Waals surface area contributed by atoms with Gasteiger partial charge in [0.2, 0.25) is 5.95 Å². The van der Waals surface area contributed by atoms with Gasteiger partial charge in [0.1, 0.15) is 30.0 Å². The van der Waals surface area contributed by atoms with Gasteiger partial charge in [-0.3, -0.25) is 0 Å². The van der Waals surface area contributed by atoms with Crippen LogP contribution in [0.25, 0.3) is 5.70 Å². The third-order valence-electron chi connectivity index (χ3n) is 5.75. The van der Waals surface area contributed by atoms with Crippen molar-refractivity contribution in [2.24, 2.45) is 0 Å². The van der Waals surface area contributed by atoms with Gasteiger partial charge in [-0.15, -0.1) is 0 Å². The molecule has 158 valence electrons. The number of benzene rings is 3. The van der Waals surface area contributed by atoms with Gasteiger partial charge >= 0.3 is 0 Å². The van der Waals surface area contributed by atoms with Crippen molar-refractivity contribution in [1.29, 1.82) is 0 Å². The van der Waals surface area contributed by atoms with E-state index < -0.39 is 12.1 Å². The van der Waals surface area contributed by atoms with E-state index in [2.05, 4.69) is 31.3 Å². The van der Waals surface area contributed by atoms with E-state index >= 15 is 4.39 Å². The average molecular weight is 510 g/mol. The monoisotopic (exact) mass is 508 g/mol. The van der Waals surface area contributed by atoms with Gasteiger partial charge in [0, 0.05) is 26.2 Å². The molecule has 2 atom stereocenters. The number of fused-ring (bicyclic) bond motifs is 3. The Morgan fingerprint density at radius 2 is 1.88 bits per heavy atom. The Bertz CT molecular complexity index is 1390. The van der Waals surface area contributed by atoms with E-state index in [1.54, 1.807) is 22.9 Å². The fourth-order valence-corrected chi connectivity index (χ4v) is 4.79. The molecule has 4 aromatic rings. The molecule has 1 aromatic heterocycles. The van der Waals surface area contributed by atoms with Crippen LogP contribution in [0.1, 0.15) is 28.8 Å². The first-order valence-electron chi connectivity index (χ1n) is 9.97. The summed E-state index contributed by atoms with van der Waals surface area (Å²) >= 11 is 9.83. The highest BCUT2D eigenvalue weighted by molar-refractivity contribution is 9.10. The molecule has 0 radical (unpaired) electrons. The van der Waals surface area contributed by atoms with Crippen molar-refractivity contribution in [2.45, 2.75) is 12.1 Å². The molecule has 2 aliphatic rings. The zero-order valence-electron chi connectivity index (χ0n) is 16.5. The number of halogens is 3. The van der Waals surface area contributed by atoms with Crippen LogP contribution in [-0.2, 0) is 0 Å². The Morgan fingerprint density at radius 3 is 2.69 bits per heavy atom. The molecule has 0 unspecified atom stereocenters. The van der Waals surface area contributed by atoms with Crippen LogP contribution in [-0.4, -0.2) is 14.8 Å². The van der Waals surface area contributed by atoms with E-state index in [0.29, 0.717) is 22.3 Å². The molecule has 0 aliphatic carbocycles. The Hall–Kier alpha value is -3.16. The molecule has 1 N–H and O–H groups in total. The summed E-state index contributed by atoms with van der Waals surface area (Å²) in [5.41, 5.74) is 3.87. The SMILES string of the molecule is Fc1ccccc1[C@H]1C2=C(Nc3ncnn31)c1cc(Cl)ccc1O[C@H]2c1ccc(Br)cc1. The molecule has 0 saturated carbocycles. The number of aromatic nitrogens is 3. The normalized spacial score (nSPS) is 18.8. The quantitative estimate of drug-likeness (QED) is 0.340. The molecule has 3 heterocycles. The van der Waals surface area contributed by atoms with Crippen LogP contribution in [0.5, 0.6) is 5.75 Å². The Balaban J connectivity index is 1.65. The summed E-state index contributed by atoms with van der Waals surface area (Å²) in [6.07, 6.45) is 0.990. The predicted octanol–water partition coefficient (Wildman–Crippen LogP) is 6.39. The van der Waals surface area contributed by atoms with Crippen LogP contribution in [0.15, 0.2) is 83.1 Å². The van der Waals surface area contributed by atoms with E-state index in [0.717, 1.165) is 26.9 Å². The number of nitrogens with zero attached hydrogens (tertiary/aromatic N) is 3. The summed E-state index contributed by atoms with van der Waals surface area (Å²) in [4.78, 5) is 4.36. The molecule has 2 aliphatic heterocycles. The summed E-state index contributed by atoms with van der Waals surface area (Å²) in [6, 6.07) is 19.6. The van der Waals surface area contributed by atoms with Gasteiger partial charge in [-0.1, -0.05) is 57.9 Å². The smallest absolute Gasteiger partial charge is 0.226 e. The molecule has 0 spiro atoms. The van der Waals surface area contributed by atoms with Crippen LogP contribution in [0, 0.1) is 5.82 Å². The number of rotatable bonds is 2. The second-order valence-electron chi connectivity index (χ2n) is 7.60. The van der Waals surface area contributed by atoms with Crippen LogP contribution in [0.2, 0.25) is 5.02 Å². The molecule has 6 rings (SSSR count). The van der Waals surface area contributed by atoms with Gasteiger partial charge in [0.25, 0.3) is 0 Å². The van der Waals surface area contributed by atoms with Crippen LogP contribution < -0.4 is 10.1 Å². The summed E-state index contributed by atoms with van der Waals surface area (Å²) in [6.45, 7) is 0. The van der Waals surface area contributed by atoms with Crippen molar-refractivity contribution >= 4 is 39.2 Å². The van der Waals surface area contributed by atoms with Gasteiger partial charge in [-0.05, 0) is 42.0 Å². The molecule has 0 bridgehead atoms. The third kappa shape index (κ3) is 3.04. The van der Waals surface area contributed by atoms with Gasteiger partial charge in [-0.2, -0.15) is 10.1 Å². The van der Waals surface area contributed by atoms with E-state index in [-0.39, 0.29) is 5.82 Å². The zero-order valence-corrected chi connectivity index (χ0v) is 18.8. The third-order valence-corrected chi connectivity index (χ3v) is 6.51. The van der Waals surface area contributed by atoms with E-state index in [1.807, 2.05) is 42.5 Å². The Kier molecular flexibility index (Phi) is 4.55. The highest BCUT2D eigenvalue weighted by Crippen LogP contribution is 2.51. The average Bonchev–Trinajstić information content (AvgIpc) is 3.27. The van der Waals surface area contributed by atoms with Crippen molar-refractivity contribution in [3.05, 3.63) is 111 Å². The highest BCUT2D eigenvalue weighted by atomic mass is 79.9. The van der Waals surface area contributed by atoms with Crippen LogP contribution in [0.4, 0.5) is 10.3 Å². The molecule has 0 saturated heterocycles. The topological polar surface area (TPSA) is 52.0 Å². The first-order chi connectivity index (χ1) is 15.6. The second kappa shape index (κ2) is 7.46. The predicted molar refractivity (Wildman–Crippen MR) is 124 cm³/mol. The van der Waals surface area contributed by atoms with Crippen molar-refractivity contribution in [3.63, 3.8) is 0 Å². The number of ether oxygens (including phenoxy) is 1. The largest absolute Gasteiger partial charge is 0.480 e. The summed E-state index contributed by atoms with van der Waals surface area (Å²) in [5.74, 6) is 0.896. The zero-order chi connectivity index (χ0) is 21.8. The van der Waals surface area contributed by atoms with Gasteiger partial charge in [-0.25, -0.2) is 9.07 Å².